The van der Waals surface area contributed by atoms with Crippen LogP contribution in [0.15, 0.2) is 24.3 Å². The zero-order valence-electron chi connectivity index (χ0n) is 13.4. The van der Waals surface area contributed by atoms with Crippen molar-refractivity contribution < 1.29 is 18.0 Å². The van der Waals surface area contributed by atoms with E-state index in [1.54, 1.807) is 12.1 Å². The molecule has 8 heteroatoms. The van der Waals surface area contributed by atoms with Crippen molar-refractivity contribution in [2.24, 2.45) is 0 Å². The summed E-state index contributed by atoms with van der Waals surface area (Å²) in [4.78, 5) is 12.2. The average molecular weight is 463 g/mol. The fourth-order valence-electron chi connectivity index (χ4n) is 3.10. The lowest BCUT2D eigenvalue weighted by Gasteiger charge is -2.15. The second kappa shape index (κ2) is 7.35. The van der Waals surface area contributed by atoms with Gasteiger partial charge in [-0.05, 0) is 60.4 Å². The maximum atomic E-state index is 13.2. The molecule has 1 heterocycles. The van der Waals surface area contributed by atoms with Crippen LogP contribution >= 0.6 is 22.6 Å². The molecule has 0 bridgehead atoms. The summed E-state index contributed by atoms with van der Waals surface area (Å²) in [5.74, 6) is -0.234. The highest BCUT2D eigenvalue weighted by molar-refractivity contribution is 14.1. The van der Waals surface area contributed by atoms with Crippen molar-refractivity contribution in [2.45, 2.75) is 38.4 Å². The van der Waals surface area contributed by atoms with Crippen LogP contribution in [0.25, 0.3) is 0 Å². The zero-order chi connectivity index (χ0) is 18.0. The van der Waals surface area contributed by atoms with E-state index >= 15 is 0 Å². The van der Waals surface area contributed by atoms with Crippen molar-refractivity contribution in [1.82, 2.24) is 15.1 Å². The van der Waals surface area contributed by atoms with Gasteiger partial charge in [0, 0.05) is 21.4 Å². The van der Waals surface area contributed by atoms with Gasteiger partial charge in [0.1, 0.15) is 0 Å². The van der Waals surface area contributed by atoms with Gasteiger partial charge in [0.05, 0.1) is 12.1 Å². The second-order valence-corrected chi connectivity index (χ2v) is 7.10. The van der Waals surface area contributed by atoms with Crippen LogP contribution in [0.3, 0.4) is 0 Å². The van der Waals surface area contributed by atoms with Crippen molar-refractivity contribution in [1.29, 1.82) is 0 Å². The number of aromatic nitrogens is 2. The lowest BCUT2D eigenvalue weighted by Crippen LogP contribution is -2.28. The van der Waals surface area contributed by atoms with Crippen molar-refractivity contribution >= 4 is 28.5 Å². The molecule has 0 radical (unpaired) electrons. The van der Waals surface area contributed by atoms with Crippen molar-refractivity contribution in [3.8, 4) is 0 Å². The van der Waals surface area contributed by atoms with Crippen LogP contribution in [0.5, 0.6) is 0 Å². The lowest BCUT2D eigenvalue weighted by atomic mass is 9.95. The summed E-state index contributed by atoms with van der Waals surface area (Å²) in [5.41, 5.74) is 0.762. The van der Waals surface area contributed by atoms with E-state index in [1.165, 1.54) is 4.68 Å². The maximum absolute atomic E-state index is 13.2. The van der Waals surface area contributed by atoms with Crippen LogP contribution in [-0.2, 0) is 25.6 Å². The molecule has 0 spiro atoms. The lowest BCUT2D eigenvalue weighted by molar-refractivity contribution is -0.142. The number of hydrogen-bond donors (Lipinski definition) is 1. The van der Waals surface area contributed by atoms with Crippen LogP contribution in [-0.4, -0.2) is 22.2 Å². The fraction of sp³-hybridized carbons (Fsp3) is 0.412. The van der Waals surface area contributed by atoms with E-state index in [9.17, 15) is 18.0 Å². The third kappa shape index (κ3) is 3.99. The third-order valence-corrected chi connectivity index (χ3v) is 5.19. The number of alkyl halides is 3. The average Bonchev–Trinajstić information content (AvgIpc) is 2.94. The summed E-state index contributed by atoms with van der Waals surface area (Å²) in [7, 11) is 0. The van der Waals surface area contributed by atoms with Gasteiger partial charge in [-0.25, -0.2) is 0 Å². The molecule has 0 atom stereocenters. The number of benzene rings is 1. The van der Waals surface area contributed by atoms with Gasteiger partial charge in [-0.1, -0.05) is 12.1 Å². The first-order valence-corrected chi connectivity index (χ1v) is 9.14. The number of carbonyl (C=O) groups is 1. The molecule has 1 aliphatic carbocycles. The molecule has 134 valence electrons. The Bertz CT molecular complexity index is 786. The van der Waals surface area contributed by atoms with E-state index in [0.29, 0.717) is 29.7 Å². The molecule has 1 aromatic heterocycles. The van der Waals surface area contributed by atoms with Gasteiger partial charge in [0.2, 0.25) is 0 Å². The summed E-state index contributed by atoms with van der Waals surface area (Å²) in [6.07, 6.45) is -1.80. The number of halogens is 4. The Labute approximate surface area is 156 Å². The Morgan fingerprint density at radius 2 is 1.96 bits per heavy atom. The molecule has 1 aromatic carbocycles. The Kier molecular flexibility index (Phi) is 5.35. The van der Waals surface area contributed by atoms with Crippen molar-refractivity contribution in [2.75, 3.05) is 6.54 Å². The molecule has 2 aromatic rings. The number of nitrogens with one attached hydrogen (secondary N) is 1. The summed E-state index contributed by atoms with van der Waals surface area (Å²) < 4.78 is 41.7. The SMILES string of the molecule is O=C(NCCn1nc(C(F)(F)F)c2c1CCCC2)c1ccccc1I. The highest BCUT2D eigenvalue weighted by Gasteiger charge is 2.39. The van der Waals surface area contributed by atoms with Gasteiger partial charge < -0.3 is 5.32 Å². The first-order chi connectivity index (χ1) is 11.9. The number of rotatable bonds is 4. The number of fused-ring (bicyclic) bond motifs is 1. The second-order valence-electron chi connectivity index (χ2n) is 5.94. The molecule has 0 saturated carbocycles. The Hall–Kier alpha value is -1.58. The van der Waals surface area contributed by atoms with Crippen molar-refractivity contribution in [3.63, 3.8) is 0 Å². The predicted octanol–water partition coefficient (Wildman–Crippen LogP) is 3.82. The molecular weight excluding hydrogens is 446 g/mol. The normalized spacial score (nSPS) is 14.2. The van der Waals surface area contributed by atoms with E-state index in [0.717, 1.165) is 16.4 Å². The molecule has 0 saturated heterocycles. The van der Waals surface area contributed by atoms with Gasteiger partial charge in [-0.3, -0.25) is 9.48 Å². The Balaban J connectivity index is 1.71. The summed E-state index contributed by atoms with van der Waals surface area (Å²) in [6, 6.07) is 7.16. The minimum atomic E-state index is -4.43. The number of hydrogen-bond acceptors (Lipinski definition) is 2. The Morgan fingerprint density at radius 3 is 2.68 bits per heavy atom. The van der Waals surface area contributed by atoms with Gasteiger partial charge in [-0.15, -0.1) is 0 Å². The fourth-order valence-corrected chi connectivity index (χ4v) is 3.73. The smallest absolute Gasteiger partial charge is 0.350 e. The van der Waals surface area contributed by atoms with E-state index < -0.39 is 11.9 Å². The highest BCUT2D eigenvalue weighted by Crippen LogP contribution is 2.35. The first-order valence-electron chi connectivity index (χ1n) is 8.06. The summed E-state index contributed by atoms with van der Waals surface area (Å²) in [6.45, 7) is 0.461. The molecule has 0 fully saturated rings. The van der Waals surface area contributed by atoms with Gasteiger partial charge in [0.15, 0.2) is 5.69 Å². The van der Waals surface area contributed by atoms with Gasteiger partial charge >= 0.3 is 6.18 Å². The monoisotopic (exact) mass is 463 g/mol. The van der Waals surface area contributed by atoms with Crippen LogP contribution in [0.2, 0.25) is 0 Å². The Morgan fingerprint density at radius 1 is 1.24 bits per heavy atom. The summed E-state index contributed by atoms with van der Waals surface area (Å²) in [5, 5.41) is 6.55. The third-order valence-electron chi connectivity index (χ3n) is 4.25. The summed E-state index contributed by atoms with van der Waals surface area (Å²) >= 11 is 2.08. The van der Waals surface area contributed by atoms with E-state index in [-0.39, 0.29) is 19.0 Å². The van der Waals surface area contributed by atoms with E-state index in [2.05, 4.69) is 33.0 Å². The molecule has 3 rings (SSSR count). The van der Waals surface area contributed by atoms with E-state index in [4.69, 9.17) is 0 Å². The molecule has 1 amide bonds. The zero-order valence-corrected chi connectivity index (χ0v) is 15.5. The number of amides is 1. The van der Waals surface area contributed by atoms with Crippen LogP contribution < -0.4 is 5.32 Å². The molecule has 4 nitrogen and oxygen atoms in total. The minimum Gasteiger partial charge on any atom is -0.350 e. The van der Waals surface area contributed by atoms with Crippen LogP contribution in [0.1, 0.15) is 40.2 Å². The molecule has 1 N–H and O–H groups in total. The first kappa shape index (κ1) is 18.2. The van der Waals surface area contributed by atoms with Gasteiger partial charge in [-0.2, -0.15) is 18.3 Å². The number of carbonyl (C=O) groups excluding carboxylic acids is 1. The minimum absolute atomic E-state index is 0.230. The number of nitrogens with zero attached hydrogens (tertiary/aromatic N) is 2. The van der Waals surface area contributed by atoms with Crippen molar-refractivity contribution in [3.05, 3.63) is 50.4 Å². The molecule has 25 heavy (non-hydrogen) atoms. The van der Waals surface area contributed by atoms with Gasteiger partial charge in [0.25, 0.3) is 5.91 Å². The quantitative estimate of drug-likeness (QED) is 0.702. The maximum Gasteiger partial charge on any atom is 0.435 e. The van der Waals surface area contributed by atoms with Crippen LogP contribution in [0, 0.1) is 3.57 Å². The van der Waals surface area contributed by atoms with Crippen LogP contribution in [0.4, 0.5) is 13.2 Å². The largest absolute Gasteiger partial charge is 0.435 e. The molecule has 1 aliphatic rings. The highest BCUT2D eigenvalue weighted by atomic mass is 127. The topological polar surface area (TPSA) is 46.9 Å². The predicted molar refractivity (Wildman–Crippen MR) is 95.4 cm³/mol. The standard InChI is InChI=1S/C17H17F3IN3O/c18-17(19,20)15-12-6-2-4-8-14(12)24(23-15)10-9-22-16(25)11-5-1-3-7-13(11)21/h1,3,5,7H,2,4,6,8-10H2,(H,22,25). The molecule has 0 unspecified atom stereocenters. The molecule has 0 aliphatic heterocycles. The molecular formula is C17H17F3IN3O. The van der Waals surface area contributed by atoms with E-state index in [1.807, 2.05) is 12.1 Å².